The molecule has 1 heterocycles. The zero-order valence-corrected chi connectivity index (χ0v) is 16.6. The van der Waals surface area contributed by atoms with Crippen LogP contribution in [0.4, 0.5) is 0 Å². The number of hydrogen-bond donors (Lipinski definition) is 0. The summed E-state index contributed by atoms with van der Waals surface area (Å²) in [4.78, 5) is 68.5. The van der Waals surface area contributed by atoms with Crippen LogP contribution < -0.4 is 29.4 Å². The summed E-state index contributed by atoms with van der Waals surface area (Å²) < 4.78 is 75.6. The molecular weight excluding hydrogens is 458 g/mol. The fourth-order valence-electron chi connectivity index (χ4n) is 1.63. The lowest BCUT2D eigenvalue weighted by molar-refractivity contribution is -0.213. The van der Waals surface area contributed by atoms with Gasteiger partial charge in [0.2, 0.25) is 0 Å². The third-order valence-corrected chi connectivity index (χ3v) is 18.5. The van der Waals surface area contributed by atoms with Crippen molar-refractivity contribution < 1.29 is 65.4 Å². The highest BCUT2D eigenvalue weighted by atomic mass is 31.3. The molecule has 0 radical (unpaired) electrons. The van der Waals surface area contributed by atoms with Gasteiger partial charge >= 0.3 is 0 Å². The van der Waals surface area contributed by atoms with Gasteiger partial charge in [-0.05, 0) is 0 Å². The first-order valence-corrected chi connectivity index (χ1v) is 16.4. The van der Waals surface area contributed by atoms with Crippen molar-refractivity contribution >= 4 is 45.1 Å². The van der Waals surface area contributed by atoms with E-state index in [4.69, 9.17) is 0 Å². The maximum Gasteiger partial charge on any atom is 0.147 e. The second kappa shape index (κ2) is 6.90. The largest absolute Gasteiger partial charge is 0.799 e. The van der Waals surface area contributed by atoms with E-state index in [9.17, 15) is 56.8 Å². The summed E-state index contributed by atoms with van der Waals surface area (Å²) in [6.45, 7) is 0. The second-order valence-electron chi connectivity index (χ2n) is 4.80. The normalized spacial score (nSPS) is 55.2. The Labute approximate surface area is 134 Å². The summed E-state index contributed by atoms with van der Waals surface area (Å²) in [5.41, 5.74) is 0. The molecule has 0 saturated carbocycles. The van der Waals surface area contributed by atoms with Crippen molar-refractivity contribution in [2.75, 3.05) is 23.6 Å². The van der Waals surface area contributed by atoms with Crippen LogP contribution in [0.5, 0.6) is 0 Å². The Kier molecular flexibility index (Phi) is 6.64. The van der Waals surface area contributed by atoms with Crippen molar-refractivity contribution in [3.05, 3.63) is 0 Å². The van der Waals surface area contributed by atoms with Crippen molar-refractivity contribution in [1.82, 2.24) is 0 Å². The monoisotopic (exact) mass is 466 g/mol. The van der Waals surface area contributed by atoms with Gasteiger partial charge in [-0.15, -0.1) is 0 Å². The van der Waals surface area contributed by atoms with Crippen molar-refractivity contribution in [2.45, 2.75) is 0 Å². The van der Waals surface area contributed by atoms with E-state index in [2.05, 4.69) is 8.62 Å². The molecule has 0 aliphatic carbocycles. The average Bonchev–Trinajstić information content (AvgIpc) is 1.98. The van der Waals surface area contributed by atoms with Crippen LogP contribution in [0, 0.1) is 0 Å². The summed E-state index contributed by atoms with van der Waals surface area (Å²) in [6.07, 6.45) is 0. The highest BCUT2D eigenvalue weighted by Crippen LogP contribution is 2.71. The standard InChI is InChI=1S/C4H14O14P6/c5-19(6)1-21(9,10)17-23(13,14)3-20(7,8)4-24(15,16)18-22(11,12)2-19/h1-4H2,(H,5,6)(H,7,8)(H,9,10)(H,11,12)(H,13,14)(H,15,16)/p-6. The number of hydrogen-bond acceptors (Lipinski definition) is 14. The maximum absolute atomic E-state index is 11.5. The molecule has 1 aliphatic heterocycles. The highest BCUT2D eigenvalue weighted by molar-refractivity contribution is 7.85. The second-order valence-corrected chi connectivity index (χ2v) is 18.8. The minimum absolute atomic E-state index is 2.10. The molecule has 0 aromatic heterocycles. The van der Waals surface area contributed by atoms with Crippen LogP contribution >= 0.6 is 45.1 Å². The quantitative estimate of drug-likeness (QED) is 0.330. The molecule has 1 rings (SSSR count). The predicted molar refractivity (Wildman–Crippen MR) is 67.3 cm³/mol. The first-order chi connectivity index (χ1) is 10.2. The van der Waals surface area contributed by atoms with E-state index in [0.717, 1.165) is 0 Å². The smallest absolute Gasteiger partial charge is 0.147 e. The molecule has 1 saturated heterocycles. The number of rotatable bonds is 0. The van der Waals surface area contributed by atoms with E-state index in [0.29, 0.717) is 0 Å². The van der Waals surface area contributed by atoms with Crippen molar-refractivity contribution in [3.8, 4) is 0 Å². The molecular formula is C4H8O14P6-6. The van der Waals surface area contributed by atoms with Gasteiger partial charge in [-0.3, -0.25) is 8.62 Å². The van der Waals surface area contributed by atoms with Crippen LogP contribution in [-0.2, 0) is 36.0 Å². The van der Waals surface area contributed by atoms with Crippen LogP contribution in [-0.4, -0.2) is 23.6 Å². The van der Waals surface area contributed by atoms with Gasteiger partial charge in [-0.25, -0.2) is 0 Å². The van der Waals surface area contributed by atoms with Crippen LogP contribution in [0.1, 0.15) is 0 Å². The lowest BCUT2D eigenvalue weighted by Crippen LogP contribution is -2.24. The minimum Gasteiger partial charge on any atom is -0.799 e. The van der Waals surface area contributed by atoms with Crippen LogP contribution in [0.25, 0.3) is 0 Å². The topological polar surface area (TPSA) is 259 Å². The van der Waals surface area contributed by atoms with Gasteiger partial charge in [0.25, 0.3) is 0 Å². The zero-order chi connectivity index (χ0) is 19.2. The Bertz CT molecular complexity index is 588. The molecule has 0 N–H and O–H groups in total. The molecule has 4 atom stereocenters. The Morgan fingerprint density at radius 1 is 0.458 bits per heavy atom. The van der Waals surface area contributed by atoms with Gasteiger partial charge in [0.15, 0.2) is 0 Å². The Morgan fingerprint density at radius 3 is 0.792 bits per heavy atom. The Balaban J connectivity index is 3.40. The van der Waals surface area contributed by atoms with Crippen LogP contribution in [0.2, 0.25) is 0 Å². The molecule has 24 heavy (non-hydrogen) atoms. The summed E-state index contributed by atoms with van der Waals surface area (Å²) in [5, 5.41) is 0. The van der Waals surface area contributed by atoms with Crippen molar-refractivity contribution in [1.29, 1.82) is 0 Å². The molecule has 14 nitrogen and oxygen atoms in total. The van der Waals surface area contributed by atoms with Gasteiger partial charge in [-0.1, -0.05) is 0 Å². The Morgan fingerprint density at radius 2 is 0.625 bits per heavy atom. The predicted octanol–water partition coefficient (Wildman–Crippen LogP) is -2.65. The van der Waals surface area contributed by atoms with E-state index >= 15 is 0 Å². The molecule has 0 aromatic rings. The SMILES string of the molecule is O=P1([O-])CP(=O)([O-])OP(=O)([O-])CP(=O)([O-])CP(=O)([O-])OP(=O)([O-])C1. The third kappa shape index (κ3) is 8.17. The van der Waals surface area contributed by atoms with Crippen LogP contribution in [0.15, 0.2) is 0 Å². The average molecular weight is 466 g/mol. The van der Waals surface area contributed by atoms with Gasteiger partial charge < -0.3 is 56.8 Å². The van der Waals surface area contributed by atoms with E-state index in [1.54, 1.807) is 0 Å². The van der Waals surface area contributed by atoms with E-state index in [1.165, 1.54) is 0 Å². The van der Waals surface area contributed by atoms with E-state index < -0.39 is 68.7 Å². The summed E-state index contributed by atoms with van der Waals surface area (Å²) in [5.74, 6) is -8.41. The van der Waals surface area contributed by atoms with E-state index in [-0.39, 0.29) is 0 Å². The van der Waals surface area contributed by atoms with Crippen molar-refractivity contribution in [3.63, 3.8) is 0 Å². The Hall–Kier alpha value is 1.06. The first kappa shape index (κ1) is 23.1. The summed E-state index contributed by atoms with van der Waals surface area (Å²) >= 11 is 0. The molecule has 20 heteroatoms. The lowest BCUT2D eigenvalue weighted by atomic mass is 11.9. The lowest BCUT2D eigenvalue weighted by Gasteiger charge is -2.43. The zero-order valence-electron chi connectivity index (χ0n) is 11.2. The van der Waals surface area contributed by atoms with Crippen molar-refractivity contribution in [2.24, 2.45) is 0 Å². The fraction of sp³-hybridized carbons (Fsp3) is 1.00. The van der Waals surface area contributed by atoms with Gasteiger partial charge in [0.05, 0.1) is 23.6 Å². The fourth-order valence-corrected chi connectivity index (χ4v) is 18.1. The molecule has 1 aliphatic rings. The molecule has 0 bridgehead atoms. The van der Waals surface area contributed by atoms with Gasteiger partial charge in [-0.2, -0.15) is 0 Å². The van der Waals surface area contributed by atoms with Gasteiger partial charge in [0.1, 0.15) is 30.4 Å². The molecule has 4 unspecified atom stereocenters. The third-order valence-electron chi connectivity index (χ3n) is 2.05. The molecule has 1 fully saturated rings. The van der Waals surface area contributed by atoms with E-state index in [1.807, 2.05) is 0 Å². The molecule has 144 valence electrons. The van der Waals surface area contributed by atoms with Gasteiger partial charge in [0, 0.05) is 14.7 Å². The minimum atomic E-state index is -5.75. The summed E-state index contributed by atoms with van der Waals surface area (Å²) in [7, 11) is -33.9. The molecule has 0 aromatic carbocycles. The maximum atomic E-state index is 11.5. The summed E-state index contributed by atoms with van der Waals surface area (Å²) in [6, 6.07) is 0. The highest BCUT2D eigenvalue weighted by Gasteiger charge is 2.33. The molecule has 0 amide bonds. The van der Waals surface area contributed by atoms with Crippen LogP contribution in [0.3, 0.4) is 0 Å². The first-order valence-electron chi connectivity index (χ1n) is 5.45. The molecule has 0 spiro atoms.